The molecule has 0 bridgehead atoms. The van der Waals surface area contributed by atoms with Crippen LogP contribution in [0.3, 0.4) is 0 Å². The number of rotatable bonds is 2. The van der Waals surface area contributed by atoms with Gasteiger partial charge in [-0.25, -0.2) is 4.57 Å². The summed E-state index contributed by atoms with van der Waals surface area (Å²) >= 11 is 0. The van der Waals surface area contributed by atoms with E-state index >= 15 is 0 Å². The molecular formula is C35H38NO+. The molecule has 0 N–H and O–H groups in total. The minimum atomic E-state index is 0.127. The van der Waals surface area contributed by atoms with Crippen molar-refractivity contribution >= 4 is 32.3 Å². The van der Waals surface area contributed by atoms with Crippen molar-refractivity contribution < 1.29 is 9.30 Å². The summed E-state index contributed by atoms with van der Waals surface area (Å²) < 4.78 is 9.45. The van der Waals surface area contributed by atoms with E-state index in [1.807, 2.05) is 0 Å². The quantitative estimate of drug-likeness (QED) is 0.175. The van der Waals surface area contributed by atoms with Crippen LogP contribution in [-0.4, -0.2) is 0 Å². The molecule has 0 saturated heterocycles. The predicted octanol–water partition coefficient (Wildman–Crippen LogP) is 9.23. The lowest BCUT2D eigenvalue weighted by molar-refractivity contribution is -0.659. The fourth-order valence-electron chi connectivity index (χ4n) is 6.24. The molecule has 5 aromatic rings. The summed E-state index contributed by atoms with van der Waals surface area (Å²) in [5.41, 5.74) is 6.81. The van der Waals surface area contributed by atoms with E-state index in [0.717, 1.165) is 24.3 Å². The maximum absolute atomic E-state index is 7.16. The molecule has 0 aliphatic carbocycles. The van der Waals surface area contributed by atoms with Crippen LogP contribution >= 0.6 is 0 Å². The SMILES string of the molecule is Cc1c2c(c(CC(C)(C)C)c3ccccc13)Oc1c3cc(CC(C)(C)C)ccc3cc3cc[n+](C)c-2c13. The first kappa shape index (κ1) is 24.0. The van der Waals surface area contributed by atoms with E-state index < -0.39 is 0 Å². The van der Waals surface area contributed by atoms with Crippen LogP contribution in [0, 0.1) is 17.8 Å². The molecule has 1 aromatic heterocycles. The van der Waals surface area contributed by atoms with Gasteiger partial charge in [0.15, 0.2) is 6.20 Å². The van der Waals surface area contributed by atoms with Gasteiger partial charge in [0, 0.05) is 17.0 Å². The Labute approximate surface area is 220 Å². The van der Waals surface area contributed by atoms with Crippen molar-refractivity contribution in [2.45, 2.75) is 61.3 Å². The third kappa shape index (κ3) is 3.98. The maximum Gasteiger partial charge on any atom is 0.228 e. The molecule has 6 rings (SSSR count). The largest absolute Gasteiger partial charge is 0.455 e. The molecule has 1 aliphatic heterocycles. The zero-order valence-electron chi connectivity index (χ0n) is 23.5. The van der Waals surface area contributed by atoms with Crippen molar-refractivity contribution in [2.75, 3.05) is 0 Å². The topological polar surface area (TPSA) is 13.1 Å². The molecule has 2 nitrogen and oxygen atoms in total. The summed E-state index contributed by atoms with van der Waals surface area (Å²) in [6.45, 7) is 16.1. The molecule has 1 aliphatic rings. The predicted molar refractivity (Wildman–Crippen MR) is 157 cm³/mol. The van der Waals surface area contributed by atoms with Crippen LogP contribution in [0.5, 0.6) is 11.5 Å². The minimum Gasteiger partial charge on any atom is -0.455 e. The molecule has 188 valence electrons. The van der Waals surface area contributed by atoms with Gasteiger partial charge < -0.3 is 4.74 Å². The fourth-order valence-corrected chi connectivity index (χ4v) is 6.24. The lowest BCUT2D eigenvalue weighted by Gasteiger charge is -2.28. The Morgan fingerprint density at radius 1 is 0.730 bits per heavy atom. The van der Waals surface area contributed by atoms with E-state index in [1.165, 1.54) is 60.3 Å². The zero-order valence-corrected chi connectivity index (χ0v) is 23.5. The van der Waals surface area contributed by atoms with E-state index in [4.69, 9.17) is 4.74 Å². The van der Waals surface area contributed by atoms with Crippen molar-refractivity contribution in [3.05, 3.63) is 77.5 Å². The molecule has 0 amide bonds. The van der Waals surface area contributed by atoms with Gasteiger partial charge in [-0.1, -0.05) is 77.9 Å². The monoisotopic (exact) mass is 488 g/mol. The zero-order chi connectivity index (χ0) is 26.3. The first-order valence-corrected chi connectivity index (χ1v) is 13.5. The molecule has 0 saturated carbocycles. The average Bonchev–Trinajstić information content (AvgIpc) is 2.82. The number of hydrogen-bond acceptors (Lipinski definition) is 1. The Morgan fingerprint density at radius 3 is 2.14 bits per heavy atom. The van der Waals surface area contributed by atoms with Crippen LogP contribution in [0.25, 0.3) is 43.6 Å². The summed E-state index contributed by atoms with van der Waals surface area (Å²) in [4.78, 5) is 0. The van der Waals surface area contributed by atoms with Gasteiger partial charge >= 0.3 is 0 Å². The van der Waals surface area contributed by atoms with Crippen molar-refractivity contribution in [3.8, 4) is 22.8 Å². The molecule has 0 unspecified atom stereocenters. The van der Waals surface area contributed by atoms with E-state index in [0.29, 0.717) is 0 Å². The molecule has 2 heterocycles. The summed E-state index contributed by atoms with van der Waals surface area (Å²) in [5.74, 6) is 2.04. The second-order valence-corrected chi connectivity index (χ2v) is 13.4. The van der Waals surface area contributed by atoms with Crippen molar-refractivity contribution in [1.29, 1.82) is 0 Å². The molecule has 37 heavy (non-hydrogen) atoms. The van der Waals surface area contributed by atoms with Crippen LogP contribution in [-0.2, 0) is 19.9 Å². The lowest BCUT2D eigenvalue weighted by Crippen LogP contribution is -2.32. The van der Waals surface area contributed by atoms with Crippen molar-refractivity contribution in [1.82, 2.24) is 0 Å². The van der Waals surface area contributed by atoms with E-state index in [2.05, 4.69) is 121 Å². The first-order chi connectivity index (χ1) is 17.4. The highest BCUT2D eigenvalue weighted by atomic mass is 16.5. The number of ether oxygens (including phenoxy) is 1. The Morgan fingerprint density at radius 2 is 1.43 bits per heavy atom. The number of hydrogen-bond donors (Lipinski definition) is 0. The summed E-state index contributed by atoms with van der Waals surface area (Å²) in [7, 11) is 2.17. The number of aromatic nitrogens is 1. The second-order valence-electron chi connectivity index (χ2n) is 13.4. The van der Waals surface area contributed by atoms with Gasteiger partial charge in [0.25, 0.3) is 0 Å². The highest BCUT2D eigenvalue weighted by Gasteiger charge is 2.34. The third-order valence-electron chi connectivity index (χ3n) is 7.67. The van der Waals surface area contributed by atoms with Crippen LogP contribution < -0.4 is 9.30 Å². The molecular weight excluding hydrogens is 450 g/mol. The molecule has 0 spiro atoms. The smallest absolute Gasteiger partial charge is 0.228 e. The average molecular weight is 489 g/mol. The van der Waals surface area contributed by atoms with Gasteiger partial charge in [0.05, 0.1) is 10.9 Å². The Hall–Kier alpha value is -3.39. The highest BCUT2D eigenvalue weighted by molar-refractivity contribution is 6.13. The lowest BCUT2D eigenvalue weighted by atomic mass is 9.81. The minimum absolute atomic E-state index is 0.127. The summed E-state index contributed by atoms with van der Waals surface area (Å²) in [5, 5.41) is 7.52. The normalized spacial score (nSPS) is 13.3. The van der Waals surface area contributed by atoms with Gasteiger partial charge in [-0.15, -0.1) is 0 Å². The number of fused-ring (bicyclic) bond motifs is 5. The second kappa shape index (κ2) is 8.05. The number of pyridine rings is 1. The van der Waals surface area contributed by atoms with Crippen LogP contribution in [0.2, 0.25) is 0 Å². The van der Waals surface area contributed by atoms with Crippen LogP contribution in [0.15, 0.2) is 60.8 Å². The van der Waals surface area contributed by atoms with Gasteiger partial charge in [0.2, 0.25) is 5.69 Å². The Bertz CT molecular complexity index is 1730. The van der Waals surface area contributed by atoms with Crippen LogP contribution in [0.4, 0.5) is 0 Å². The van der Waals surface area contributed by atoms with E-state index in [-0.39, 0.29) is 10.8 Å². The van der Waals surface area contributed by atoms with Crippen LogP contribution in [0.1, 0.15) is 58.2 Å². The molecule has 0 radical (unpaired) electrons. The summed E-state index contributed by atoms with van der Waals surface area (Å²) in [6, 6.07) is 20.4. The number of benzene rings is 4. The molecule has 0 atom stereocenters. The fraction of sp³-hybridized carbons (Fsp3) is 0.343. The van der Waals surface area contributed by atoms with Gasteiger partial charge in [-0.3, -0.25) is 0 Å². The Kier molecular flexibility index (Phi) is 5.22. The summed E-state index contributed by atoms with van der Waals surface area (Å²) in [6.07, 6.45) is 4.19. The molecule has 2 heteroatoms. The van der Waals surface area contributed by atoms with Gasteiger partial charge in [0.1, 0.15) is 18.5 Å². The molecule has 4 aromatic carbocycles. The standard InChI is InChI=1S/C35H38NO/c1-21-25-11-9-10-12-26(25)28(20-35(5,6)7)33-29(21)31-30-24(15-16-36(31)8)18-23-14-13-22(19-34(2,3)4)17-27(23)32(30)37-33/h9-18H,19-20H2,1-8H3/q+1. The Balaban J connectivity index is 1.76. The van der Waals surface area contributed by atoms with E-state index in [9.17, 15) is 0 Å². The van der Waals surface area contributed by atoms with Gasteiger partial charge in [-0.05, 0) is 75.4 Å². The number of nitrogens with zero attached hydrogens (tertiary/aromatic N) is 1. The maximum atomic E-state index is 7.16. The third-order valence-corrected chi connectivity index (χ3v) is 7.67. The molecule has 0 fully saturated rings. The van der Waals surface area contributed by atoms with E-state index in [1.54, 1.807) is 0 Å². The van der Waals surface area contributed by atoms with Crippen molar-refractivity contribution in [2.24, 2.45) is 17.9 Å². The number of aryl methyl sites for hydroxylation is 2. The first-order valence-electron chi connectivity index (χ1n) is 13.5. The van der Waals surface area contributed by atoms with Crippen molar-refractivity contribution in [3.63, 3.8) is 0 Å². The van der Waals surface area contributed by atoms with Gasteiger partial charge in [-0.2, -0.15) is 0 Å². The highest BCUT2D eigenvalue weighted by Crippen LogP contribution is 2.53.